The molecule has 2 aliphatic rings. The van der Waals surface area contributed by atoms with E-state index in [1.54, 1.807) is 12.1 Å². The lowest BCUT2D eigenvalue weighted by molar-refractivity contribution is -0.131. The number of pyridine rings is 1. The monoisotopic (exact) mass is 501 g/mol. The number of amides is 1. The zero-order valence-electron chi connectivity index (χ0n) is 19.5. The van der Waals surface area contributed by atoms with Crippen LogP contribution in [0, 0.1) is 0 Å². The van der Waals surface area contributed by atoms with E-state index in [1.807, 2.05) is 33.8 Å². The van der Waals surface area contributed by atoms with Crippen molar-refractivity contribution in [3.8, 4) is 22.9 Å². The zero-order chi connectivity index (χ0) is 24.9. The van der Waals surface area contributed by atoms with Gasteiger partial charge in [-0.2, -0.15) is 5.10 Å². The quantitative estimate of drug-likeness (QED) is 0.391. The maximum Gasteiger partial charge on any atom is 0.246 e. The van der Waals surface area contributed by atoms with Crippen LogP contribution >= 0.6 is 11.6 Å². The SMILES string of the molecule is C=CC(=O)N1C[C@@H](n2nc(-c3ccc(Oc4ccc(Cl)cn4)cc3)c3c(N)ncnc32)CCC12CC2. The summed E-state index contributed by atoms with van der Waals surface area (Å²) in [4.78, 5) is 27.5. The zero-order valence-corrected chi connectivity index (χ0v) is 20.2. The molecule has 10 heteroatoms. The number of nitrogens with two attached hydrogens (primary N) is 1. The number of fused-ring (bicyclic) bond motifs is 1. The van der Waals surface area contributed by atoms with Crippen molar-refractivity contribution in [2.24, 2.45) is 0 Å². The number of hydrogen-bond donors (Lipinski definition) is 1. The first-order chi connectivity index (χ1) is 17.5. The van der Waals surface area contributed by atoms with Crippen molar-refractivity contribution >= 4 is 34.4 Å². The Morgan fingerprint density at radius 1 is 1.14 bits per heavy atom. The molecule has 2 N–H and O–H groups in total. The number of nitrogens with zero attached hydrogens (tertiary/aromatic N) is 6. The molecule has 1 aliphatic carbocycles. The third-order valence-corrected chi connectivity index (χ3v) is 7.31. The second-order valence-electron chi connectivity index (χ2n) is 9.26. The highest BCUT2D eigenvalue weighted by molar-refractivity contribution is 6.30. The second kappa shape index (κ2) is 8.60. The van der Waals surface area contributed by atoms with Gasteiger partial charge in [0.15, 0.2) is 5.65 Å². The van der Waals surface area contributed by atoms with Crippen LogP contribution in [0.1, 0.15) is 31.7 Å². The van der Waals surface area contributed by atoms with Crippen LogP contribution in [0.15, 0.2) is 61.6 Å². The Labute approximate surface area is 212 Å². The van der Waals surface area contributed by atoms with E-state index in [0.29, 0.717) is 45.7 Å². The average molecular weight is 502 g/mol. The Morgan fingerprint density at radius 3 is 2.64 bits per heavy atom. The molecule has 3 aromatic heterocycles. The molecular weight excluding hydrogens is 478 g/mol. The molecule has 9 nitrogen and oxygen atoms in total. The van der Waals surface area contributed by atoms with Crippen molar-refractivity contribution < 1.29 is 9.53 Å². The summed E-state index contributed by atoms with van der Waals surface area (Å²) in [5.74, 6) is 1.40. The molecule has 1 atom stereocenters. The van der Waals surface area contributed by atoms with E-state index in [9.17, 15) is 4.79 Å². The molecule has 1 spiro atoms. The number of rotatable bonds is 5. The molecular formula is C26H24ClN7O2. The Bertz CT molecular complexity index is 1460. The van der Waals surface area contributed by atoms with Gasteiger partial charge in [-0.3, -0.25) is 4.79 Å². The number of piperidine rings is 1. The summed E-state index contributed by atoms with van der Waals surface area (Å²) < 4.78 is 7.72. The van der Waals surface area contributed by atoms with Crippen molar-refractivity contribution in [1.82, 2.24) is 29.6 Å². The van der Waals surface area contributed by atoms with Gasteiger partial charge in [0.1, 0.15) is 23.6 Å². The van der Waals surface area contributed by atoms with Crippen LogP contribution in [-0.2, 0) is 4.79 Å². The normalized spacial score (nSPS) is 18.4. The lowest BCUT2D eigenvalue weighted by Crippen LogP contribution is -2.48. The van der Waals surface area contributed by atoms with Gasteiger partial charge >= 0.3 is 0 Å². The van der Waals surface area contributed by atoms with Gasteiger partial charge in [0, 0.05) is 29.9 Å². The molecule has 2 fully saturated rings. The minimum atomic E-state index is -0.0335. The third kappa shape index (κ3) is 3.85. The van der Waals surface area contributed by atoms with Gasteiger partial charge in [-0.05, 0) is 62.1 Å². The van der Waals surface area contributed by atoms with Gasteiger partial charge < -0.3 is 15.4 Å². The summed E-state index contributed by atoms with van der Waals surface area (Å²) in [6.07, 6.45) is 8.30. The van der Waals surface area contributed by atoms with E-state index < -0.39 is 0 Å². The van der Waals surface area contributed by atoms with Crippen molar-refractivity contribution in [2.45, 2.75) is 37.3 Å². The first kappa shape index (κ1) is 22.5. The van der Waals surface area contributed by atoms with E-state index >= 15 is 0 Å². The number of likely N-dealkylation sites (tertiary alicyclic amines) is 1. The van der Waals surface area contributed by atoms with Crippen LogP contribution in [0.25, 0.3) is 22.3 Å². The number of anilines is 1. The maximum atomic E-state index is 12.6. The van der Waals surface area contributed by atoms with Gasteiger partial charge in [-0.1, -0.05) is 18.2 Å². The molecule has 4 heterocycles. The van der Waals surface area contributed by atoms with Crippen molar-refractivity contribution in [1.29, 1.82) is 0 Å². The van der Waals surface area contributed by atoms with Crippen molar-refractivity contribution in [3.05, 3.63) is 66.6 Å². The number of carbonyl (C=O) groups excluding carboxylic acids is 1. The summed E-state index contributed by atoms with van der Waals surface area (Å²) in [6, 6.07) is 10.9. The van der Waals surface area contributed by atoms with Crippen LogP contribution in [0.4, 0.5) is 5.82 Å². The molecule has 1 amide bonds. The predicted molar refractivity (Wildman–Crippen MR) is 137 cm³/mol. The lowest BCUT2D eigenvalue weighted by Gasteiger charge is -2.40. The number of halogens is 1. The van der Waals surface area contributed by atoms with Crippen LogP contribution < -0.4 is 10.5 Å². The Hall–Kier alpha value is -3.98. The first-order valence-corrected chi connectivity index (χ1v) is 12.2. The minimum absolute atomic E-state index is 0.0175. The summed E-state index contributed by atoms with van der Waals surface area (Å²) in [5, 5.41) is 6.19. The molecule has 0 radical (unpaired) electrons. The van der Waals surface area contributed by atoms with E-state index in [1.165, 1.54) is 18.6 Å². The average Bonchev–Trinajstić information content (AvgIpc) is 3.55. The molecule has 0 unspecified atom stereocenters. The molecule has 1 saturated carbocycles. The Kier molecular flexibility index (Phi) is 5.37. The maximum absolute atomic E-state index is 12.6. The summed E-state index contributed by atoms with van der Waals surface area (Å²) in [7, 11) is 0. The minimum Gasteiger partial charge on any atom is -0.439 e. The van der Waals surface area contributed by atoms with E-state index in [-0.39, 0.29) is 17.5 Å². The van der Waals surface area contributed by atoms with Gasteiger partial charge in [-0.25, -0.2) is 19.6 Å². The first-order valence-electron chi connectivity index (χ1n) is 11.8. The van der Waals surface area contributed by atoms with Crippen LogP contribution in [-0.4, -0.2) is 47.6 Å². The Balaban J connectivity index is 1.34. The second-order valence-corrected chi connectivity index (χ2v) is 9.70. The van der Waals surface area contributed by atoms with Crippen molar-refractivity contribution in [2.75, 3.05) is 12.3 Å². The molecule has 1 aromatic carbocycles. The van der Waals surface area contributed by atoms with E-state index in [4.69, 9.17) is 27.2 Å². The fourth-order valence-corrected chi connectivity index (χ4v) is 5.15. The van der Waals surface area contributed by atoms with Crippen molar-refractivity contribution in [3.63, 3.8) is 0 Å². The fourth-order valence-electron chi connectivity index (χ4n) is 5.04. The largest absolute Gasteiger partial charge is 0.439 e. The topological polar surface area (TPSA) is 112 Å². The molecule has 6 rings (SSSR count). The van der Waals surface area contributed by atoms with E-state index in [0.717, 1.165) is 31.2 Å². The summed E-state index contributed by atoms with van der Waals surface area (Å²) in [5.41, 5.74) is 8.49. The molecule has 182 valence electrons. The standard InChI is InChI=1S/C26H24ClN7O2/c1-2-21(35)33-14-18(9-10-26(33)11-12-26)34-25-22(24(28)30-15-31-25)23(32-34)16-3-6-19(7-4-16)36-20-8-5-17(27)13-29-20/h2-8,13,15,18H,1,9-12,14H2,(H2,28,30,31)/t18-/m0/s1. The highest BCUT2D eigenvalue weighted by Crippen LogP contribution is 2.50. The highest BCUT2D eigenvalue weighted by atomic mass is 35.5. The number of benzene rings is 1. The molecule has 36 heavy (non-hydrogen) atoms. The highest BCUT2D eigenvalue weighted by Gasteiger charge is 2.52. The summed E-state index contributed by atoms with van der Waals surface area (Å²) in [6.45, 7) is 4.26. The predicted octanol–water partition coefficient (Wildman–Crippen LogP) is 4.80. The smallest absolute Gasteiger partial charge is 0.246 e. The van der Waals surface area contributed by atoms with E-state index in [2.05, 4.69) is 21.5 Å². The number of nitrogen functional groups attached to an aromatic ring is 1. The molecule has 1 aliphatic heterocycles. The lowest BCUT2D eigenvalue weighted by atomic mass is 9.96. The van der Waals surface area contributed by atoms with Gasteiger partial charge in [0.2, 0.25) is 11.8 Å². The van der Waals surface area contributed by atoms with Crippen LogP contribution in [0.5, 0.6) is 11.6 Å². The molecule has 1 saturated heterocycles. The van der Waals surface area contributed by atoms with Gasteiger partial charge in [0.05, 0.1) is 16.5 Å². The van der Waals surface area contributed by atoms with Crippen LogP contribution in [0.2, 0.25) is 5.02 Å². The summed E-state index contributed by atoms with van der Waals surface area (Å²) >= 11 is 5.90. The number of carbonyl (C=O) groups is 1. The fraction of sp³-hybridized carbons (Fsp3) is 0.269. The number of ether oxygens (including phenoxy) is 1. The van der Waals surface area contributed by atoms with Gasteiger partial charge in [0.25, 0.3) is 0 Å². The number of aromatic nitrogens is 5. The van der Waals surface area contributed by atoms with Crippen LogP contribution in [0.3, 0.4) is 0 Å². The molecule has 4 aromatic rings. The van der Waals surface area contributed by atoms with Gasteiger partial charge in [-0.15, -0.1) is 0 Å². The third-order valence-electron chi connectivity index (χ3n) is 7.09. The Morgan fingerprint density at radius 2 is 1.94 bits per heavy atom. The molecule has 0 bridgehead atoms. The number of hydrogen-bond acceptors (Lipinski definition) is 7.